The highest BCUT2D eigenvalue weighted by Crippen LogP contribution is 2.25. The fourth-order valence-corrected chi connectivity index (χ4v) is 1.89. The molecule has 1 rings (SSSR count). The van der Waals surface area contributed by atoms with E-state index >= 15 is 0 Å². The second-order valence-corrected chi connectivity index (χ2v) is 4.42. The molecule has 0 saturated heterocycles. The first-order valence-electron chi connectivity index (χ1n) is 6.46. The summed E-state index contributed by atoms with van der Waals surface area (Å²) in [5.74, 6) is -0.950. The van der Waals surface area contributed by atoms with Crippen molar-refractivity contribution >= 4 is 5.97 Å². The zero-order valence-electron chi connectivity index (χ0n) is 12.1. The van der Waals surface area contributed by atoms with Crippen LogP contribution in [0, 0.1) is 5.82 Å². The molecule has 21 heavy (non-hydrogen) atoms. The Morgan fingerprint density at radius 2 is 2.24 bits per heavy atom. The Labute approximate surface area is 123 Å². The molecule has 2 N–H and O–H groups in total. The number of nitrogens with one attached hydrogen (secondary N) is 1. The topological polar surface area (TPSA) is 67.8 Å². The number of rotatable bonds is 8. The van der Waals surface area contributed by atoms with Crippen LogP contribution in [0.3, 0.4) is 0 Å². The van der Waals surface area contributed by atoms with Crippen LogP contribution in [-0.4, -0.2) is 37.9 Å². The van der Waals surface area contributed by atoms with Crippen LogP contribution < -0.4 is 10.1 Å². The van der Waals surface area contributed by atoms with Gasteiger partial charge < -0.3 is 19.9 Å². The molecule has 1 aromatic rings. The van der Waals surface area contributed by atoms with Crippen molar-refractivity contribution in [1.29, 1.82) is 0 Å². The fourth-order valence-electron chi connectivity index (χ4n) is 1.89. The van der Waals surface area contributed by atoms with Gasteiger partial charge in [-0.3, -0.25) is 4.79 Å². The number of aliphatic hydroxyl groups is 1. The molecule has 2 unspecified atom stereocenters. The van der Waals surface area contributed by atoms with Crippen LogP contribution in [0.4, 0.5) is 4.39 Å². The third-order valence-electron chi connectivity index (χ3n) is 3.04. The summed E-state index contributed by atoms with van der Waals surface area (Å²) < 4.78 is 23.1. The van der Waals surface area contributed by atoms with Crippen molar-refractivity contribution in [2.45, 2.75) is 18.6 Å². The van der Waals surface area contributed by atoms with E-state index in [1.54, 1.807) is 12.1 Å². The average Bonchev–Trinajstić information content (AvgIpc) is 2.50. The standard InChI is InChI=1S/C15H20FNO4/c1-4-7-17-12(9-14(18)21-3)15(19)10-5-6-13(20-2)11(16)8-10/h4-6,8,12,15,17,19H,1,7,9H2,2-3H3. The molecule has 0 heterocycles. The number of esters is 1. The van der Waals surface area contributed by atoms with Crippen LogP contribution in [0.25, 0.3) is 0 Å². The first-order valence-corrected chi connectivity index (χ1v) is 6.46. The maximum Gasteiger partial charge on any atom is 0.307 e. The first-order chi connectivity index (χ1) is 10.0. The maximum absolute atomic E-state index is 13.7. The molecule has 0 aliphatic carbocycles. The van der Waals surface area contributed by atoms with Crippen LogP contribution in [-0.2, 0) is 9.53 Å². The highest BCUT2D eigenvalue weighted by atomic mass is 19.1. The predicted molar refractivity (Wildman–Crippen MR) is 76.5 cm³/mol. The Kier molecular flexibility index (Phi) is 6.84. The number of carbonyl (C=O) groups excluding carboxylic acids is 1. The highest BCUT2D eigenvalue weighted by molar-refractivity contribution is 5.70. The lowest BCUT2D eigenvalue weighted by Crippen LogP contribution is -2.37. The molecule has 6 heteroatoms. The van der Waals surface area contributed by atoms with Crippen LogP contribution >= 0.6 is 0 Å². The molecule has 1 aromatic carbocycles. The zero-order valence-corrected chi connectivity index (χ0v) is 12.1. The number of carbonyl (C=O) groups is 1. The maximum atomic E-state index is 13.7. The molecular weight excluding hydrogens is 277 g/mol. The molecule has 2 atom stereocenters. The molecular formula is C15H20FNO4. The Hall–Kier alpha value is -1.92. The fraction of sp³-hybridized carbons (Fsp3) is 0.400. The Balaban J connectivity index is 2.92. The monoisotopic (exact) mass is 297 g/mol. The van der Waals surface area contributed by atoms with Gasteiger partial charge in [0.1, 0.15) is 0 Å². The van der Waals surface area contributed by atoms with Gasteiger partial charge in [-0.05, 0) is 17.7 Å². The van der Waals surface area contributed by atoms with E-state index in [1.807, 2.05) is 0 Å². The lowest BCUT2D eigenvalue weighted by Gasteiger charge is -2.23. The van der Waals surface area contributed by atoms with Crippen molar-refractivity contribution < 1.29 is 23.8 Å². The third kappa shape index (κ3) is 4.84. The molecule has 0 aliphatic rings. The number of aliphatic hydroxyl groups excluding tert-OH is 1. The van der Waals surface area contributed by atoms with Gasteiger partial charge in [0, 0.05) is 12.6 Å². The molecule has 116 valence electrons. The van der Waals surface area contributed by atoms with Gasteiger partial charge >= 0.3 is 5.97 Å². The number of hydrogen-bond donors (Lipinski definition) is 2. The van der Waals surface area contributed by atoms with Crippen molar-refractivity contribution in [3.8, 4) is 5.75 Å². The smallest absolute Gasteiger partial charge is 0.307 e. The van der Waals surface area contributed by atoms with Gasteiger partial charge in [0.25, 0.3) is 0 Å². The second-order valence-electron chi connectivity index (χ2n) is 4.42. The number of benzene rings is 1. The van der Waals surface area contributed by atoms with Crippen molar-refractivity contribution in [2.24, 2.45) is 0 Å². The van der Waals surface area contributed by atoms with E-state index in [4.69, 9.17) is 4.74 Å². The molecule has 0 aromatic heterocycles. The minimum atomic E-state index is -1.07. The number of hydrogen-bond acceptors (Lipinski definition) is 5. The lowest BCUT2D eigenvalue weighted by molar-refractivity contribution is -0.142. The summed E-state index contributed by atoms with van der Waals surface area (Å²) >= 11 is 0. The molecule has 0 radical (unpaired) electrons. The summed E-state index contributed by atoms with van der Waals surface area (Å²) in [6.07, 6.45) is 0.495. The van der Waals surface area contributed by atoms with E-state index in [2.05, 4.69) is 16.6 Å². The van der Waals surface area contributed by atoms with E-state index in [1.165, 1.54) is 26.4 Å². The van der Waals surface area contributed by atoms with E-state index in [0.29, 0.717) is 12.1 Å². The largest absolute Gasteiger partial charge is 0.494 e. The van der Waals surface area contributed by atoms with E-state index in [0.717, 1.165) is 0 Å². The van der Waals surface area contributed by atoms with Gasteiger partial charge in [-0.2, -0.15) is 0 Å². The summed E-state index contributed by atoms with van der Waals surface area (Å²) in [6.45, 7) is 3.96. The lowest BCUT2D eigenvalue weighted by atomic mass is 9.99. The second kappa shape index (κ2) is 8.39. The van der Waals surface area contributed by atoms with Gasteiger partial charge in [-0.1, -0.05) is 12.1 Å². The normalized spacial score (nSPS) is 13.3. The SMILES string of the molecule is C=CCNC(CC(=O)OC)C(O)c1ccc(OC)c(F)c1. The predicted octanol–water partition coefficient (Wildman–Crippen LogP) is 1.57. The summed E-state index contributed by atoms with van der Waals surface area (Å²) in [6, 6.07) is 3.55. The van der Waals surface area contributed by atoms with Crippen LogP contribution in [0.2, 0.25) is 0 Å². The van der Waals surface area contributed by atoms with Crippen LogP contribution in [0.15, 0.2) is 30.9 Å². The van der Waals surface area contributed by atoms with Crippen molar-refractivity contribution in [3.63, 3.8) is 0 Å². The molecule has 0 amide bonds. The number of methoxy groups -OCH3 is 2. The zero-order chi connectivity index (χ0) is 15.8. The summed E-state index contributed by atoms with van der Waals surface area (Å²) in [5.41, 5.74) is 0.346. The van der Waals surface area contributed by atoms with Gasteiger partial charge in [0.2, 0.25) is 0 Å². The molecule has 0 fully saturated rings. The third-order valence-corrected chi connectivity index (χ3v) is 3.04. The van der Waals surface area contributed by atoms with E-state index in [-0.39, 0.29) is 12.2 Å². The van der Waals surface area contributed by atoms with Gasteiger partial charge in [-0.15, -0.1) is 6.58 Å². The van der Waals surface area contributed by atoms with Crippen molar-refractivity contribution in [1.82, 2.24) is 5.32 Å². The van der Waals surface area contributed by atoms with E-state index in [9.17, 15) is 14.3 Å². The minimum absolute atomic E-state index is 0.0425. The Morgan fingerprint density at radius 1 is 1.52 bits per heavy atom. The van der Waals surface area contributed by atoms with Crippen molar-refractivity contribution in [3.05, 3.63) is 42.2 Å². The number of halogens is 1. The van der Waals surface area contributed by atoms with Crippen LogP contribution in [0.1, 0.15) is 18.1 Å². The first kappa shape index (κ1) is 17.1. The molecule has 0 bridgehead atoms. The quantitative estimate of drug-likeness (QED) is 0.563. The van der Waals surface area contributed by atoms with E-state index < -0.39 is 23.9 Å². The molecule has 5 nitrogen and oxygen atoms in total. The minimum Gasteiger partial charge on any atom is -0.494 e. The van der Waals surface area contributed by atoms with Crippen molar-refractivity contribution in [2.75, 3.05) is 20.8 Å². The van der Waals surface area contributed by atoms with Gasteiger partial charge in [0.15, 0.2) is 11.6 Å². The van der Waals surface area contributed by atoms with Crippen LogP contribution in [0.5, 0.6) is 5.75 Å². The van der Waals surface area contributed by atoms with Gasteiger partial charge in [0.05, 0.1) is 26.7 Å². The highest BCUT2D eigenvalue weighted by Gasteiger charge is 2.24. The Bertz CT molecular complexity index is 493. The molecule has 0 aliphatic heterocycles. The number of ether oxygens (including phenoxy) is 2. The average molecular weight is 297 g/mol. The molecule has 0 saturated carbocycles. The summed E-state index contributed by atoms with van der Waals surface area (Å²) in [4.78, 5) is 11.4. The Morgan fingerprint density at radius 3 is 2.76 bits per heavy atom. The summed E-state index contributed by atoms with van der Waals surface area (Å²) in [7, 11) is 2.63. The van der Waals surface area contributed by atoms with Gasteiger partial charge in [-0.25, -0.2) is 4.39 Å². The summed E-state index contributed by atoms with van der Waals surface area (Å²) in [5, 5.41) is 13.3. The molecule has 0 spiro atoms.